The van der Waals surface area contributed by atoms with Crippen LogP contribution in [0.3, 0.4) is 0 Å². The summed E-state index contributed by atoms with van der Waals surface area (Å²) in [5.74, 6) is 0.950. The van der Waals surface area contributed by atoms with Crippen LogP contribution < -0.4 is 5.32 Å². The predicted molar refractivity (Wildman–Crippen MR) is 89.4 cm³/mol. The Balaban J connectivity index is 1.48. The van der Waals surface area contributed by atoms with Gasteiger partial charge in [-0.2, -0.15) is 0 Å². The lowest BCUT2D eigenvalue weighted by Crippen LogP contribution is -2.24. The molecule has 0 atom stereocenters. The summed E-state index contributed by atoms with van der Waals surface area (Å²) in [6.07, 6.45) is 1.60. The molecule has 3 aromatic rings. The molecule has 1 amide bonds. The lowest BCUT2D eigenvalue weighted by Gasteiger charge is -2.06. The molecule has 2 heterocycles. The first-order valence-electron chi connectivity index (χ1n) is 7.44. The number of hydrogen-bond donors (Lipinski definition) is 1. The van der Waals surface area contributed by atoms with Gasteiger partial charge in [0.25, 0.3) is 0 Å². The number of thioether (sulfide) groups is 1. The molecule has 1 aromatic carbocycles. The predicted octanol–water partition coefficient (Wildman–Crippen LogP) is 2.03. The van der Waals surface area contributed by atoms with Crippen LogP contribution in [0.15, 0.2) is 52.2 Å². The summed E-state index contributed by atoms with van der Waals surface area (Å²) >= 11 is 1.29. The normalized spacial score (nSPS) is 10.7. The van der Waals surface area contributed by atoms with Crippen molar-refractivity contribution in [1.82, 2.24) is 25.5 Å². The highest BCUT2D eigenvalue weighted by Crippen LogP contribution is 2.15. The Morgan fingerprint density at radius 1 is 1.29 bits per heavy atom. The molecule has 24 heavy (non-hydrogen) atoms. The topological polar surface area (TPSA) is 85.8 Å². The Hall–Kier alpha value is -2.61. The average Bonchev–Trinajstić information content (AvgIpc) is 3.25. The van der Waals surface area contributed by atoms with Crippen molar-refractivity contribution in [3.63, 3.8) is 0 Å². The summed E-state index contributed by atoms with van der Waals surface area (Å²) in [6.45, 7) is 2.98. The van der Waals surface area contributed by atoms with Gasteiger partial charge in [0.05, 0.1) is 12.0 Å². The van der Waals surface area contributed by atoms with Gasteiger partial charge in [-0.25, -0.2) is 4.68 Å². The number of benzene rings is 1. The van der Waals surface area contributed by atoms with Crippen LogP contribution in [0, 0.1) is 6.92 Å². The molecule has 0 bridgehead atoms. The van der Waals surface area contributed by atoms with Gasteiger partial charge in [0.1, 0.15) is 12.3 Å². The third-order valence-corrected chi connectivity index (χ3v) is 4.28. The van der Waals surface area contributed by atoms with Gasteiger partial charge in [-0.05, 0) is 35.0 Å². The van der Waals surface area contributed by atoms with Crippen molar-refractivity contribution < 1.29 is 9.21 Å². The second-order valence-electron chi connectivity index (χ2n) is 5.25. The number of amides is 1. The van der Waals surface area contributed by atoms with E-state index in [0.717, 1.165) is 11.3 Å². The molecule has 0 spiro atoms. The minimum Gasteiger partial charge on any atom is -0.467 e. The molecule has 0 unspecified atom stereocenters. The van der Waals surface area contributed by atoms with E-state index >= 15 is 0 Å². The molecule has 124 valence electrons. The number of carbonyl (C=O) groups excluding carboxylic acids is 1. The number of carbonyl (C=O) groups is 1. The van der Waals surface area contributed by atoms with Crippen LogP contribution in [-0.2, 0) is 17.9 Å². The van der Waals surface area contributed by atoms with Crippen LogP contribution in [0.5, 0.6) is 0 Å². The number of nitrogens with zero attached hydrogens (tertiary/aromatic N) is 4. The number of rotatable bonds is 7. The van der Waals surface area contributed by atoms with Crippen LogP contribution in [-0.4, -0.2) is 31.9 Å². The fraction of sp³-hybridized carbons (Fsp3) is 0.250. The van der Waals surface area contributed by atoms with Crippen molar-refractivity contribution >= 4 is 17.7 Å². The van der Waals surface area contributed by atoms with Crippen molar-refractivity contribution in [3.05, 3.63) is 59.5 Å². The number of aromatic nitrogens is 4. The first-order valence-corrected chi connectivity index (χ1v) is 8.43. The zero-order chi connectivity index (χ0) is 16.8. The molecule has 1 N–H and O–H groups in total. The molecule has 0 aliphatic heterocycles. The summed E-state index contributed by atoms with van der Waals surface area (Å²) in [5, 5.41) is 15.0. The summed E-state index contributed by atoms with van der Waals surface area (Å²) in [7, 11) is 0. The van der Waals surface area contributed by atoms with E-state index in [1.54, 1.807) is 10.9 Å². The lowest BCUT2D eigenvalue weighted by atomic mass is 10.1. The fourth-order valence-electron chi connectivity index (χ4n) is 2.04. The Labute approximate surface area is 143 Å². The smallest absolute Gasteiger partial charge is 0.230 e. The van der Waals surface area contributed by atoms with Gasteiger partial charge in [-0.3, -0.25) is 4.79 Å². The van der Waals surface area contributed by atoms with E-state index in [0.29, 0.717) is 18.2 Å². The van der Waals surface area contributed by atoms with Crippen LogP contribution in [0.1, 0.15) is 16.9 Å². The third kappa shape index (κ3) is 4.45. The molecule has 0 saturated carbocycles. The van der Waals surface area contributed by atoms with E-state index in [9.17, 15) is 4.79 Å². The van der Waals surface area contributed by atoms with Crippen LogP contribution in [0.2, 0.25) is 0 Å². The van der Waals surface area contributed by atoms with Crippen molar-refractivity contribution in [2.45, 2.75) is 25.2 Å². The Morgan fingerprint density at radius 2 is 2.12 bits per heavy atom. The van der Waals surface area contributed by atoms with Gasteiger partial charge in [0.15, 0.2) is 0 Å². The van der Waals surface area contributed by atoms with Crippen molar-refractivity contribution in [3.8, 4) is 0 Å². The Kier molecular flexibility index (Phi) is 5.27. The van der Waals surface area contributed by atoms with E-state index in [1.807, 2.05) is 43.3 Å². The highest BCUT2D eigenvalue weighted by atomic mass is 32.2. The zero-order valence-electron chi connectivity index (χ0n) is 13.2. The number of tetrazole rings is 1. The van der Waals surface area contributed by atoms with Crippen molar-refractivity contribution in [2.75, 3.05) is 5.75 Å². The van der Waals surface area contributed by atoms with E-state index < -0.39 is 0 Å². The lowest BCUT2D eigenvalue weighted by molar-refractivity contribution is -0.118. The number of aryl methyl sites for hydroxylation is 1. The Bertz CT molecular complexity index is 783. The molecular weight excluding hydrogens is 326 g/mol. The van der Waals surface area contributed by atoms with Crippen molar-refractivity contribution in [2.24, 2.45) is 0 Å². The molecule has 0 radical (unpaired) electrons. The fourth-order valence-corrected chi connectivity index (χ4v) is 2.74. The summed E-state index contributed by atoms with van der Waals surface area (Å²) in [6, 6.07) is 11.7. The first kappa shape index (κ1) is 16.3. The molecule has 8 heteroatoms. The molecule has 2 aromatic heterocycles. The number of hydrogen-bond acceptors (Lipinski definition) is 6. The van der Waals surface area contributed by atoms with E-state index in [-0.39, 0.29) is 11.7 Å². The minimum atomic E-state index is -0.0619. The second-order valence-corrected chi connectivity index (χ2v) is 6.19. The quantitative estimate of drug-likeness (QED) is 0.661. The summed E-state index contributed by atoms with van der Waals surface area (Å²) in [5.41, 5.74) is 2.27. The standard InChI is InChI=1S/C16H17N5O2S/c1-12-4-6-13(7-5-12)9-17-15(22)11-24-16-18-19-20-21(16)10-14-3-2-8-23-14/h2-8H,9-11H2,1H3,(H,17,22). The highest BCUT2D eigenvalue weighted by Gasteiger charge is 2.11. The zero-order valence-corrected chi connectivity index (χ0v) is 14.0. The largest absolute Gasteiger partial charge is 0.467 e. The minimum absolute atomic E-state index is 0.0619. The first-order chi connectivity index (χ1) is 11.7. The summed E-state index contributed by atoms with van der Waals surface area (Å²) in [4.78, 5) is 12.0. The number of furan rings is 1. The molecular formula is C16H17N5O2S. The van der Waals surface area contributed by atoms with E-state index in [2.05, 4.69) is 20.8 Å². The van der Waals surface area contributed by atoms with E-state index in [1.165, 1.54) is 17.3 Å². The second kappa shape index (κ2) is 7.78. The molecule has 7 nitrogen and oxygen atoms in total. The third-order valence-electron chi connectivity index (χ3n) is 3.33. The van der Waals surface area contributed by atoms with Crippen molar-refractivity contribution in [1.29, 1.82) is 0 Å². The average molecular weight is 343 g/mol. The van der Waals surface area contributed by atoms with E-state index in [4.69, 9.17) is 4.42 Å². The molecule has 0 fully saturated rings. The Morgan fingerprint density at radius 3 is 2.88 bits per heavy atom. The maximum absolute atomic E-state index is 12.0. The SMILES string of the molecule is Cc1ccc(CNC(=O)CSc2nnnn2Cc2ccco2)cc1. The van der Waals surface area contributed by atoms with Gasteiger partial charge in [0.2, 0.25) is 11.1 Å². The van der Waals surface area contributed by atoms with Crippen LogP contribution in [0.4, 0.5) is 0 Å². The molecule has 0 aliphatic rings. The van der Waals surface area contributed by atoms with Gasteiger partial charge in [-0.1, -0.05) is 41.6 Å². The van der Waals surface area contributed by atoms with Gasteiger partial charge in [0, 0.05) is 6.54 Å². The highest BCUT2D eigenvalue weighted by molar-refractivity contribution is 7.99. The van der Waals surface area contributed by atoms with Gasteiger partial charge in [-0.15, -0.1) is 5.10 Å². The van der Waals surface area contributed by atoms with Crippen LogP contribution in [0.25, 0.3) is 0 Å². The van der Waals surface area contributed by atoms with Gasteiger partial charge >= 0.3 is 0 Å². The molecule has 0 saturated heterocycles. The molecule has 0 aliphatic carbocycles. The maximum atomic E-state index is 12.0. The number of nitrogens with one attached hydrogen (secondary N) is 1. The molecule has 3 rings (SSSR count). The maximum Gasteiger partial charge on any atom is 0.230 e. The summed E-state index contributed by atoms with van der Waals surface area (Å²) < 4.78 is 6.89. The van der Waals surface area contributed by atoms with Gasteiger partial charge < -0.3 is 9.73 Å². The van der Waals surface area contributed by atoms with Crippen LogP contribution >= 0.6 is 11.8 Å². The monoisotopic (exact) mass is 343 g/mol.